The van der Waals surface area contributed by atoms with Gasteiger partial charge in [-0.3, -0.25) is 0 Å². The van der Waals surface area contributed by atoms with Gasteiger partial charge < -0.3 is 9.80 Å². The van der Waals surface area contributed by atoms with Crippen LogP contribution in [-0.4, -0.2) is 6.04 Å². The molecule has 5 aliphatic carbocycles. The summed E-state index contributed by atoms with van der Waals surface area (Å²) in [6.07, 6.45) is 25.1. The van der Waals surface area contributed by atoms with Gasteiger partial charge in [0.05, 0.1) is 11.5 Å². The van der Waals surface area contributed by atoms with Crippen molar-refractivity contribution in [3.63, 3.8) is 0 Å². The summed E-state index contributed by atoms with van der Waals surface area (Å²) in [5, 5.41) is 0. The van der Waals surface area contributed by atoms with Crippen LogP contribution in [-0.2, 0) is 5.41 Å². The molecule has 0 bridgehead atoms. The van der Waals surface area contributed by atoms with Gasteiger partial charge in [0.25, 0.3) is 0 Å². The maximum absolute atomic E-state index is 2.69. The van der Waals surface area contributed by atoms with Gasteiger partial charge in [-0.1, -0.05) is 182 Å². The summed E-state index contributed by atoms with van der Waals surface area (Å²) in [6.45, 7) is 0. The van der Waals surface area contributed by atoms with Crippen molar-refractivity contribution >= 4 is 28.3 Å². The summed E-state index contributed by atoms with van der Waals surface area (Å²) in [7, 11) is 0. The Hall–Kier alpha value is -7.42. The molecule has 0 saturated heterocycles. The van der Waals surface area contributed by atoms with Crippen LogP contribution >= 0.6 is 0 Å². The average molecular weight is 809 g/mol. The summed E-state index contributed by atoms with van der Waals surface area (Å²) < 4.78 is 0. The van der Waals surface area contributed by atoms with Crippen molar-refractivity contribution < 1.29 is 0 Å². The number of rotatable bonds is 8. The van der Waals surface area contributed by atoms with Gasteiger partial charge in [0.1, 0.15) is 0 Å². The maximum atomic E-state index is 2.69. The molecule has 302 valence electrons. The smallest absolute Gasteiger partial charge is 0.0722 e. The zero-order valence-electron chi connectivity index (χ0n) is 35.3. The van der Waals surface area contributed by atoms with Crippen molar-refractivity contribution in [2.45, 2.75) is 43.1 Å². The minimum Gasteiger partial charge on any atom is -0.337 e. The molecule has 0 radical (unpaired) electrons. The molecule has 3 unspecified atom stereocenters. The second-order valence-electron chi connectivity index (χ2n) is 17.4. The number of benzene rings is 7. The van der Waals surface area contributed by atoms with E-state index in [1.807, 2.05) is 0 Å². The lowest BCUT2D eigenvalue weighted by atomic mass is 9.69. The second kappa shape index (κ2) is 15.5. The van der Waals surface area contributed by atoms with Crippen LogP contribution in [0.5, 0.6) is 0 Å². The largest absolute Gasteiger partial charge is 0.337 e. The predicted octanol–water partition coefficient (Wildman–Crippen LogP) is 15.6. The molecule has 5 aliphatic rings. The normalized spacial score (nSPS) is 20.0. The van der Waals surface area contributed by atoms with E-state index in [1.54, 1.807) is 0 Å². The molecule has 0 aliphatic heterocycles. The Morgan fingerprint density at radius 3 is 1.97 bits per heavy atom. The minimum atomic E-state index is -0.334. The summed E-state index contributed by atoms with van der Waals surface area (Å²) in [6, 6.07) is 65.4. The van der Waals surface area contributed by atoms with Gasteiger partial charge in [0.2, 0.25) is 0 Å². The highest BCUT2D eigenvalue weighted by Gasteiger charge is 2.53. The molecular weight excluding hydrogens is 761 g/mol. The first-order chi connectivity index (χ1) is 31.3. The third kappa shape index (κ3) is 6.08. The van der Waals surface area contributed by atoms with Gasteiger partial charge in [-0.15, -0.1) is 0 Å². The molecule has 1 spiro atoms. The maximum Gasteiger partial charge on any atom is 0.0722 e. The monoisotopic (exact) mass is 808 g/mol. The van der Waals surface area contributed by atoms with Gasteiger partial charge in [-0.05, 0) is 130 Å². The molecule has 12 rings (SSSR count). The Kier molecular flexibility index (Phi) is 9.18. The van der Waals surface area contributed by atoms with Gasteiger partial charge in [-0.2, -0.15) is 0 Å². The summed E-state index contributed by atoms with van der Waals surface area (Å²) in [5.41, 5.74) is 20.8. The number of fused-ring (bicyclic) bond motifs is 9. The zero-order chi connectivity index (χ0) is 41.7. The highest BCUT2D eigenvalue weighted by Crippen LogP contribution is 2.65. The van der Waals surface area contributed by atoms with Crippen LogP contribution in [0.4, 0.5) is 22.7 Å². The molecule has 7 aromatic carbocycles. The summed E-state index contributed by atoms with van der Waals surface area (Å²) in [5.74, 6) is 0.223. The van der Waals surface area contributed by atoms with Gasteiger partial charge in [0.15, 0.2) is 0 Å². The second-order valence-corrected chi connectivity index (χ2v) is 17.4. The van der Waals surface area contributed by atoms with Crippen LogP contribution < -0.4 is 9.80 Å². The van der Waals surface area contributed by atoms with Gasteiger partial charge in [-0.25, -0.2) is 0 Å². The third-order valence-corrected chi connectivity index (χ3v) is 14.0. The molecule has 2 nitrogen and oxygen atoms in total. The molecular formula is C61H48N2. The fourth-order valence-electron chi connectivity index (χ4n) is 11.4. The lowest BCUT2D eigenvalue weighted by molar-refractivity contribution is 0.693. The molecule has 63 heavy (non-hydrogen) atoms. The number of nitrogens with zero attached hydrogens (tertiary/aromatic N) is 2. The molecule has 0 saturated carbocycles. The van der Waals surface area contributed by atoms with Gasteiger partial charge in [0, 0.05) is 39.9 Å². The highest BCUT2D eigenvalue weighted by molar-refractivity contribution is 6.00. The number of para-hydroxylation sites is 2. The van der Waals surface area contributed by atoms with Crippen LogP contribution in [0.1, 0.15) is 59.4 Å². The van der Waals surface area contributed by atoms with E-state index in [1.165, 1.54) is 72.6 Å². The predicted molar refractivity (Wildman–Crippen MR) is 264 cm³/mol. The molecule has 2 heteroatoms. The standard InChI is InChI=1S/C61H48N2/c1-4-24-47(25-5-1)62(48-26-6-2-7-27-48)50-30-17-22-45(41-50)43-20-16-21-44(40-43)46-23-18-31-51(42-46)63(49-28-8-3-9-29-49)59-39-19-38-58-60(59)54-34-12-15-37-57(54)61(58)55-35-13-10-32-52(55)53-33-11-14-36-56(53)61/h1-10,12-28,30-32,34-41,46,49H,11,29,33,42H2. The first-order valence-corrected chi connectivity index (χ1v) is 22.6. The number of hydrogen-bond acceptors (Lipinski definition) is 2. The van der Waals surface area contributed by atoms with E-state index in [9.17, 15) is 0 Å². The van der Waals surface area contributed by atoms with Gasteiger partial charge >= 0.3 is 0 Å². The molecule has 0 amide bonds. The fourth-order valence-corrected chi connectivity index (χ4v) is 11.4. The first-order valence-electron chi connectivity index (χ1n) is 22.6. The quantitative estimate of drug-likeness (QED) is 0.151. The third-order valence-electron chi connectivity index (χ3n) is 14.0. The Bertz CT molecular complexity index is 3050. The number of allylic oxidation sites excluding steroid dienone is 10. The van der Waals surface area contributed by atoms with E-state index >= 15 is 0 Å². The lowest BCUT2D eigenvalue weighted by Gasteiger charge is -2.38. The highest BCUT2D eigenvalue weighted by atomic mass is 15.2. The van der Waals surface area contributed by atoms with E-state index in [-0.39, 0.29) is 17.4 Å². The van der Waals surface area contributed by atoms with Crippen molar-refractivity contribution in [1.82, 2.24) is 0 Å². The Balaban J connectivity index is 0.930. The van der Waals surface area contributed by atoms with E-state index < -0.39 is 0 Å². The van der Waals surface area contributed by atoms with E-state index in [2.05, 4.69) is 240 Å². The van der Waals surface area contributed by atoms with Crippen LogP contribution in [0.3, 0.4) is 0 Å². The SMILES string of the molecule is C1=CCC(N(C2=CC=CC(c3cccc(-c4cccc(N(c5ccccc5)c5ccccc5)c4)c3)C2)c2cccc3c2-c2ccccc2C32C3=C(CCC=C3)c3ccccc32)C=C1. The fraction of sp³-hybridized carbons (Fsp3) is 0.115. The Morgan fingerprint density at radius 2 is 1.19 bits per heavy atom. The van der Waals surface area contributed by atoms with Crippen LogP contribution in [0.15, 0.2) is 242 Å². The molecule has 0 aromatic heterocycles. The molecule has 0 fully saturated rings. The Labute approximate surface area is 371 Å². The van der Waals surface area contributed by atoms with Crippen LogP contribution in [0.25, 0.3) is 27.8 Å². The number of hydrogen-bond donors (Lipinski definition) is 0. The minimum absolute atomic E-state index is 0.190. The Morgan fingerprint density at radius 1 is 0.524 bits per heavy atom. The van der Waals surface area contributed by atoms with Crippen LogP contribution in [0.2, 0.25) is 0 Å². The van der Waals surface area contributed by atoms with Crippen molar-refractivity contribution in [3.8, 4) is 22.3 Å². The zero-order valence-corrected chi connectivity index (χ0v) is 35.3. The van der Waals surface area contributed by atoms with Crippen molar-refractivity contribution in [2.24, 2.45) is 0 Å². The van der Waals surface area contributed by atoms with Crippen molar-refractivity contribution in [3.05, 3.63) is 270 Å². The van der Waals surface area contributed by atoms with E-state index in [4.69, 9.17) is 0 Å². The topological polar surface area (TPSA) is 6.48 Å². The van der Waals surface area contributed by atoms with E-state index in [0.717, 1.165) is 42.7 Å². The summed E-state index contributed by atoms with van der Waals surface area (Å²) in [4.78, 5) is 5.03. The number of anilines is 4. The molecule has 3 atom stereocenters. The van der Waals surface area contributed by atoms with Crippen LogP contribution in [0, 0.1) is 0 Å². The molecule has 0 heterocycles. The average Bonchev–Trinajstić information content (AvgIpc) is 3.83. The van der Waals surface area contributed by atoms with Crippen molar-refractivity contribution in [2.75, 3.05) is 9.80 Å². The molecule has 0 N–H and O–H groups in total. The first kappa shape index (κ1) is 37.4. The van der Waals surface area contributed by atoms with E-state index in [0.29, 0.717) is 0 Å². The summed E-state index contributed by atoms with van der Waals surface area (Å²) >= 11 is 0. The molecule has 7 aromatic rings. The lowest BCUT2D eigenvalue weighted by Crippen LogP contribution is -2.35. The van der Waals surface area contributed by atoms with Crippen molar-refractivity contribution in [1.29, 1.82) is 0 Å².